The third-order valence-electron chi connectivity index (χ3n) is 2.17. The van der Waals surface area contributed by atoms with E-state index in [1.807, 2.05) is 0 Å². The topological polar surface area (TPSA) is 24.9 Å². The van der Waals surface area contributed by atoms with Gasteiger partial charge in [-0.3, -0.25) is 0 Å². The first kappa shape index (κ1) is 8.32. The number of nitrogens with one attached hydrogen (secondary N) is 1. The molecule has 0 unspecified atom stereocenters. The Balaban J connectivity index is 2.10. The van der Waals surface area contributed by atoms with E-state index in [1.54, 1.807) is 11.8 Å². The number of aromatic nitrogens is 1. The van der Waals surface area contributed by atoms with Gasteiger partial charge in [0, 0.05) is 28.1 Å². The van der Waals surface area contributed by atoms with Crippen molar-refractivity contribution in [3.05, 3.63) is 35.2 Å². The predicted molar refractivity (Wildman–Crippen MR) is 60.0 cm³/mol. The lowest BCUT2D eigenvalue weighted by atomic mass is 10.3. The van der Waals surface area contributed by atoms with Gasteiger partial charge in [0.15, 0.2) is 0 Å². The molecule has 2 heterocycles. The highest BCUT2D eigenvalue weighted by molar-refractivity contribution is 7.99. The van der Waals surface area contributed by atoms with Crippen molar-refractivity contribution in [3.8, 4) is 0 Å². The van der Waals surface area contributed by atoms with E-state index in [0.29, 0.717) is 0 Å². The fourth-order valence-electron chi connectivity index (χ4n) is 1.44. The highest BCUT2D eigenvalue weighted by Crippen LogP contribution is 2.38. The number of para-hydroxylation sites is 1. The van der Waals surface area contributed by atoms with Gasteiger partial charge in [0.1, 0.15) is 5.03 Å². The lowest BCUT2D eigenvalue weighted by Crippen LogP contribution is -1.96. The van der Waals surface area contributed by atoms with Gasteiger partial charge in [0.05, 0.1) is 0 Å². The Morgan fingerprint density at radius 1 is 1.29 bits per heavy atom. The zero-order chi connectivity index (χ0) is 9.38. The maximum absolute atomic E-state index is 4.38. The van der Waals surface area contributed by atoms with Crippen LogP contribution in [0.1, 0.15) is 5.56 Å². The van der Waals surface area contributed by atoms with Crippen LogP contribution in [-0.2, 0) is 6.54 Å². The van der Waals surface area contributed by atoms with Crippen molar-refractivity contribution in [1.82, 2.24) is 4.37 Å². The molecule has 1 aliphatic rings. The molecule has 1 N–H and O–H groups in total. The Morgan fingerprint density at radius 3 is 3.21 bits per heavy atom. The molecule has 3 rings (SSSR count). The zero-order valence-electron chi connectivity index (χ0n) is 7.36. The molecular formula is C10H8N2S2. The minimum absolute atomic E-state index is 0.885. The largest absolute Gasteiger partial charge is 0.380 e. The van der Waals surface area contributed by atoms with E-state index < -0.39 is 0 Å². The summed E-state index contributed by atoms with van der Waals surface area (Å²) in [4.78, 5) is 1.26. The van der Waals surface area contributed by atoms with Gasteiger partial charge in [-0.25, -0.2) is 0 Å². The van der Waals surface area contributed by atoms with E-state index in [2.05, 4.69) is 39.3 Å². The molecule has 0 saturated carbocycles. The number of hydrogen-bond donors (Lipinski definition) is 1. The second kappa shape index (κ2) is 3.29. The summed E-state index contributed by atoms with van der Waals surface area (Å²) in [6.07, 6.45) is 0. The molecule has 1 aromatic heterocycles. The van der Waals surface area contributed by atoms with Gasteiger partial charge in [-0.2, -0.15) is 4.37 Å². The molecule has 0 amide bonds. The van der Waals surface area contributed by atoms with Crippen LogP contribution in [0.2, 0.25) is 0 Å². The number of rotatable bonds is 0. The van der Waals surface area contributed by atoms with E-state index in [9.17, 15) is 0 Å². The first-order chi connectivity index (χ1) is 6.93. The molecule has 1 aliphatic heterocycles. The Morgan fingerprint density at radius 2 is 2.21 bits per heavy atom. The van der Waals surface area contributed by atoms with Gasteiger partial charge in [-0.05, 0) is 23.7 Å². The van der Waals surface area contributed by atoms with Crippen molar-refractivity contribution in [3.63, 3.8) is 0 Å². The molecule has 14 heavy (non-hydrogen) atoms. The van der Waals surface area contributed by atoms with Crippen LogP contribution in [0.4, 0.5) is 5.69 Å². The van der Waals surface area contributed by atoms with Crippen LogP contribution >= 0.6 is 23.3 Å². The molecule has 0 bridgehead atoms. The van der Waals surface area contributed by atoms with Crippen LogP contribution in [0.5, 0.6) is 0 Å². The summed E-state index contributed by atoms with van der Waals surface area (Å²) in [5, 5.41) is 6.67. The molecule has 0 radical (unpaired) electrons. The van der Waals surface area contributed by atoms with Crippen LogP contribution in [0.25, 0.3) is 0 Å². The van der Waals surface area contributed by atoms with Crippen molar-refractivity contribution in [1.29, 1.82) is 0 Å². The maximum atomic E-state index is 4.38. The fraction of sp³-hybridized carbons (Fsp3) is 0.100. The minimum Gasteiger partial charge on any atom is -0.380 e. The van der Waals surface area contributed by atoms with Crippen molar-refractivity contribution < 1.29 is 0 Å². The summed E-state index contributed by atoms with van der Waals surface area (Å²) in [6.45, 7) is 0.885. The lowest BCUT2D eigenvalue weighted by molar-refractivity contribution is 1.08. The van der Waals surface area contributed by atoms with Gasteiger partial charge in [0.25, 0.3) is 0 Å². The highest BCUT2D eigenvalue weighted by Gasteiger charge is 2.14. The molecule has 0 saturated heterocycles. The molecule has 0 aliphatic carbocycles. The quantitative estimate of drug-likeness (QED) is 0.738. The first-order valence-corrected chi connectivity index (χ1v) is 6.03. The van der Waals surface area contributed by atoms with Crippen LogP contribution < -0.4 is 5.32 Å². The lowest BCUT2D eigenvalue weighted by Gasteiger charge is -2.04. The summed E-state index contributed by atoms with van der Waals surface area (Å²) < 4.78 is 4.38. The van der Waals surface area contributed by atoms with Crippen molar-refractivity contribution >= 4 is 29.0 Å². The van der Waals surface area contributed by atoms with Crippen molar-refractivity contribution in [2.24, 2.45) is 0 Å². The zero-order valence-corrected chi connectivity index (χ0v) is 8.99. The second-order valence-electron chi connectivity index (χ2n) is 3.10. The standard InChI is InChI=1S/C10H8N2S2/c1-2-4-9-8(3-1)11-5-7-6-13-12-10(7)14-9/h1-4,6,11H,5H2. The number of anilines is 1. The summed E-state index contributed by atoms with van der Waals surface area (Å²) in [5.41, 5.74) is 2.51. The Labute approximate surface area is 90.5 Å². The molecule has 2 nitrogen and oxygen atoms in total. The molecule has 0 atom stereocenters. The van der Waals surface area contributed by atoms with Gasteiger partial charge in [-0.15, -0.1) is 0 Å². The van der Waals surface area contributed by atoms with E-state index in [0.717, 1.165) is 11.6 Å². The second-order valence-corrected chi connectivity index (χ2v) is 4.76. The van der Waals surface area contributed by atoms with Crippen LogP contribution in [0, 0.1) is 0 Å². The summed E-state index contributed by atoms with van der Waals surface area (Å²) in [6, 6.07) is 8.35. The van der Waals surface area contributed by atoms with Crippen molar-refractivity contribution in [2.75, 3.05) is 5.32 Å². The van der Waals surface area contributed by atoms with Gasteiger partial charge >= 0.3 is 0 Å². The average molecular weight is 220 g/mol. The number of benzene rings is 1. The summed E-state index contributed by atoms with van der Waals surface area (Å²) >= 11 is 3.28. The Kier molecular flexibility index (Phi) is 1.96. The molecule has 2 aromatic rings. The SMILES string of the molecule is c1ccc2c(c1)NCc1csnc1S2. The predicted octanol–water partition coefficient (Wildman–Crippen LogP) is 3.22. The number of fused-ring (bicyclic) bond motifs is 2. The fourth-order valence-corrected chi connectivity index (χ4v) is 3.25. The van der Waals surface area contributed by atoms with Crippen LogP contribution in [0.3, 0.4) is 0 Å². The molecule has 4 heteroatoms. The number of nitrogens with zero attached hydrogens (tertiary/aromatic N) is 1. The van der Waals surface area contributed by atoms with Crippen LogP contribution in [0.15, 0.2) is 39.6 Å². The summed E-state index contributed by atoms with van der Waals surface area (Å²) in [7, 11) is 0. The first-order valence-electron chi connectivity index (χ1n) is 4.37. The monoisotopic (exact) mass is 220 g/mol. The third kappa shape index (κ3) is 1.31. The van der Waals surface area contributed by atoms with Gasteiger partial charge in [-0.1, -0.05) is 23.9 Å². The molecule has 70 valence electrons. The van der Waals surface area contributed by atoms with E-state index in [-0.39, 0.29) is 0 Å². The normalized spacial score (nSPS) is 13.7. The summed E-state index contributed by atoms with van der Waals surface area (Å²) in [5.74, 6) is 0. The van der Waals surface area contributed by atoms with Gasteiger partial charge in [0.2, 0.25) is 0 Å². The Hall–Kier alpha value is -1.000. The molecule has 1 aromatic carbocycles. The minimum atomic E-state index is 0.885. The van der Waals surface area contributed by atoms with E-state index in [1.165, 1.54) is 27.7 Å². The smallest absolute Gasteiger partial charge is 0.120 e. The maximum Gasteiger partial charge on any atom is 0.120 e. The molecular weight excluding hydrogens is 212 g/mol. The van der Waals surface area contributed by atoms with E-state index >= 15 is 0 Å². The van der Waals surface area contributed by atoms with E-state index in [4.69, 9.17) is 0 Å². The average Bonchev–Trinajstić information content (AvgIpc) is 2.58. The van der Waals surface area contributed by atoms with Gasteiger partial charge < -0.3 is 5.32 Å². The number of hydrogen-bond acceptors (Lipinski definition) is 4. The van der Waals surface area contributed by atoms with Crippen molar-refractivity contribution in [2.45, 2.75) is 16.5 Å². The van der Waals surface area contributed by atoms with Crippen LogP contribution in [-0.4, -0.2) is 4.37 Å². The third-order valence-corrected chi connectivity index (χ3v) is 4.08. The molecule has 0 fully saturated rings. The molecule has 0 spiro atoms. The Bertz CT molecular complexity index is 465. The highest BCUT2D eigenvalue weighted by atomic mass is 32.2.